The molecule has 2 heterocycles. The zero-order valence-corrected chi connectivity index (χ0v) is 15.7. The molecule has 0 saturated carbocycles. The first-order valence-electron chi connectivity index (χ1n) is 8.67. The Morgan fingerprint density at radius 2 is 1.88 bits per heavy atom. The molecular weight excluding hydrogens is 332 g/mol. The first-order chi connectivity index (χ1) is 12.0. The third-order valence-electron chi connectivity index (χ3n) is 4.65. The van der Waals surface area contributed by atoms with Gasteiger partial charge < -0.3 is 10.2 Å². The van der Waals surface area contributed by atoms with Gasteiger partial charge in [-0.05, 0) is 48.4 Å². The highest BCUT2D eigenvalue weighted by atomic mass is 32.1. The summed E-state index contributed by atoms with van der Waals surface area (Å²) in [5.74, 6) is -0.154. The molecule has 0 radical (unpaired) electrons. The van der Waals surface area contributed by atoms with Crippen molar-refractivity contribution in [3.05, 3.63) is 57.3 Å². The highest BCUT2D eigenvalue weighted by molar-refractivity contribution is 7.10. The number of aryl methyl sites for hydroxylation is 1. The van der Waals surface area contributed by atoms with Gasteiger partial charge in [0.1, 0.15) is 6.04 Å². The highest BCUT2D eigenvalue weighted by Crippen LogP contribution is 2.25. The molecule has 1 atom stereocenters. The Kier molecular flexibility index (Phi) is 5.23. The van der Waals surface area contributed by atoms with E-state index < -0.39 is 6.04 Å². The largest absolute Gasteiger partial charge is 0.340 e. The van der Waals surface area contributed by atoms with Crippen LogP contribution >= 0.6 is 11.3 Å². The second kappa shape index (κ2) is 7.40. The predicted octanol–water partition coefficient (Wildman–Crippen LogP) is 3.40. The van der Waals surface area contributed by atoms with Gasteiger partial charge in [-0.1, -0.05) is 31.5 Å². The van der Waals surface area contributed by atoms with Gasteiger partial charge in [-0.25, -0.2) is 0 Å². The van der Waals surface area contributed by atoms with E-state index in [0.29, 0.717) is 12.1 Å². The van der Waals surface area contributed by atoms with E-state index in [4.69, 9.17) is 0 Å². The van der Waals surface area contributed by atoms with Crippen LogP contribution in [-0.2, 0) is 17.8 Å². The maximum Gasteiger partial charge on any atom is 0.251 e. The lowest BCUT2D eigenvalue weighted by molar-refractivity contribution is -0.135. The van der Waals surface area contributed by atoms with Crippen LogP contribution in [0.2, 0.25) is 0 Å². The Hall–Kier alpha value is -2.14. The van der Waals surface area contributed by atoms with Crippen molar-refractivity contribution in [3.8, 4) is 0 Å². The lowest BCUT2D eigenvalue weighted by Gasteiger charge is -2.32. The van der Waals surface area contributed by atoms with Gasteiger partial charge in [-0.15, -0.1) is 11.3 Å². The number of hydrogen-bond donors (Lipinski definition) is 1. The van der Waals surface area contributed by atoms with Gasteiger partial charge >= 0.3 is 0 Å². The van der Waals surface area contributed by atoms with Gasteiger partial charge in [-0.2, -0.15) is 0 Å². The smallest absolute Gasteiger partial charge is 0.251 e. The van der Waals surface area contributed by atoms with E-state index in [2.05, 4.69) is 16.8 Å². The molecule has 1 aliphatic heterocycles. The van der Waals surface area contributed by atoms with Crippen molar-refractivity contribution < 1.29 is 9.59 Å². The van der Waals surface area contributed by atoms with E-state index >= 15 is 0 Å². The van der Waals surface area contributed by atoms with Gasteiger partial charge in [-0.3, -0.25) is 9.59 Å². The van der Waals surface area contributed by atoms with Crippen LogP contribution in [0.3, 0.4) is 0 Å². The van der Waals surface area contributed by atoms with Crippen LogP contribution in [0, 0.1) is 12.8 Å². The maximum absolute atomic E-state index is 13.0. The molecule has 0 aliphatic carbocycles. The average molecular weight is 356 g/mol. The van der Waals surface area contributed by atoms with Crippen molar-refractivity contribution in [3.63, 3.8) is 0 Å². The number of benzene rings is 1. The first-order valence-corrected chi connectivity index (χ1v) is 9.55. The lowest BCUT2D eigenvalue weighted by atomic mass is 10.00. The molecule has 1 unspecified atom stereocenters. The molecule has 1 N–H and O–H groups in total. The molecule has 1 aromatic carbocycles. The van der Waals surface area contributed by atoms with Crippen molar-refractivity contribution in [1.29, 1.82) is 0 Å². The van der Waals surface area contributed by atoms with Gasteiger partial charge in [0.2, 0.25) is 5.91 Å². The van der Waals surface area contributed by atoms with Crippen LogP contribution in [0.5, 0.6) is 0 Å². The van der Waals surface area contributed by atoms with E-state index in [1.165, 1.54) is 10.4 Å². The van der Waals surface area contributed by atoms with Gasteiger partial charge in [0, 0.05) is 23.5 Å². The summed E-state index contributed by atoms with van der Waals surface area (Å²) >= 11 is 1.76. The number of hydrogen-bond acceptors (Lipinski definition) is 3. The molecule has 1 aliphatic rings. The number of thiophene rings is 1. The number of rotatable bonds is 4. The standard InChI is InChI=1S/C20H24N2O2S/c1-13(2)18(21-19(23)15-6-4-14(3)5-7-15)20(24)22-10-8-17-16(12-22)9-11-25-17/h4-7,9,11,13,18H,8,10,12H2,1-3H3,(H,21,23). The summed E-state index contributed by atoms with van der Waals surface area (Å²) in [7, 11) is 0. The molecule has 2 aromatic rings. The fourth-order valence-electron chi connectivity index (χ4n) is 3.08. The molecular formula is C20H24N2O2S. The number of fused-ring (bicyclic) bond motifs is 1. The Labute approximate surface area is 152 Å². The Balaban J connectivity index is 1.71. The zero-order chi connectivity index (χ0) is 18.0. The molecule has 5 heteroatoms. The van der Waals surface area contributed by atoms with E-state index in [1.54, 1.807) is 23.5 Å². The summed E-state index contributed by atoms with van der Waals surface area (Å²) < 4.78 is 0. The average Bonchev–Trinajstić information content (AvgIpc) is 3.06. The summed E-state index contributed by atoms with van der Waals surface area (Å²) in [4.78, 5) is 28.8. The molecule has 1 aromatic heterocycles. The predicted molar refractivity (Wildman–Crippen MR) is 101 cm³/mol. The lowest BCUT2D eigenvalue weighted by Crippen LogP contribution is -2.52. The number of amides is 2. The molecule has 25 heavy (non-hydrogen) atoms. The second-order valence-electron chi connectivity index (χ2n) is 6.94. The van der Waals surface area contributed by atoms with Crippen molar-refractivity contribution >= 4 is 23.2 Å². The summed E-state index contributed by atoms with van der Waals surface area (Å²) in [6, 6.07) is 8.99. The SMILES string of the molecule is Cc1ccc(C(=O)NC(C(=O)N2CCc3sccc3C2)C(C)C)cc1. The Morgan fingerprint density at radius 3 is 2.56 bits per heavy atom. The highest BCUT2D eigenvalue weighted by Gasteiger charge is 2.31. The van der Waals surface area contributed by atoms with Crippen molar-refractivity contribution in [1.82, 2.24) is 10.2 Å². The molecule has 3 rings (SSSR count). The molecule has 4 nitrogen and oxygen atoms in total. The number of nitrogens with zero attached hydrogens (tertiary/aromatic N) is 1. The monoisotopic (exact) mass is 356 g/mol. The van der Waals surface area contributed by atoms with Crippen molar-refractivity contribution in [2.45, 2.75) is 39.8 Å². The van der Waals surface area contributed by atoms with E-state index in [-0.39, 0.29) is 17.7 Å². The van der Waals surface area contributed by atoms with E-state index in [0.717, 1.165) is 18.5 Å². The molecule has 0 spiro atoms. The molecule has 0 bridgehead atoms. The van der Waals surface area contributed by atoms with Crippen LogP contribution in [0.25, 0.3) is 0 Å². The second-order valence-corrected chi connectivity index (χ2v) is 7.94. The quantitative estimate of drug-likeness (QED) is 0.913. The third-order valence-corrected chi connectivity index (χ3v) is 5.68. The molecule has 132 valence electrons. The normalized spacial score (nSPS) is 15.0. The first kappa shape index (κ1) is 17.7. The van der Waals surface area contributed by atoms with Gasteiger partial charge in [0.05, 0.1) is 0 Å². The molecule has 0 saturated heterocycles. The molecule has 2 amide bonds. The van der Waals surface area contributed by atoms with Crippen LogP contribution in [0.1, 0.15) is 40.2 Å². The Morgan fingerprint density at radius 1 is 1.16 bits per heavy atom. The Bertz CT molecular complexity index is 764. The number of carbonyl (C=O) groups is 2. The van der Waals surface area contributed by atoms with Crippen molar-refractivity contribution in [2.24, 2.45) is 5.92 Å². The third kappa shape index (κ3) is 3.93. The van der Waals surface area contributed by atoms with Crippen LogP contribution < -0.4 is 5.32 Å². The van der Waals surface area contributed by atoms with Crippen LogP contribution in [0.4, 0.5) is 0 Å². The van der Waals surface area contributed by atoms with Crippen LogP contribution in [-0.4, -0.2) is 29.3 Å². The van der Waals surface area contributed by atoms with E-state index in [9.17, 15) is 9.59 Å². The number of nitrogens with one attached hydrogen (secondary N) is 1. The topological polar surface area (TPSA) is 49.4 Å². The minimum atomic E-state index is -0.506. The van der Waals surface area contributed by atoms with Gasteiger partial charge in [0.25, 0.3) is 5.91 Å². The summed E-state index contributed by atoms with van der Waals surface area (Å²) in [6.45, 7) is 7.28. The number of carbonyl (C=O) groups excluding carboxylic acids is 2. The van der Waals surface area contributed by atoms with E-state index in [1.807, 2.05) is 37.8 Å². The molecule has 0 fully saturated rings. The minimum Gasteiger partial charge on any atom is -0.340 e. The fraction of sp³-hybridized carbons (Fsp3) is 0.400. The van der Waals surface area contributed by atoms with Gasteiger partial charge in [0.15, 0.2) is 0 Å². The van der Waals surface area contributed by atoms with Crippen LogP contribution in [0.15, 0.2) is 35.7 Å². The minimum absolute atomic E-state index is 0.00677. The fourth-order valence-corrected chi connectivity index (χ4v) is 3.97. The summed E-state index contributed by atoms with van der Waals surface area (Å²) in [5.41, 5.74) is 2.92. The maximum atomic E-state index is 13.0. The zero-order valence-electron chi connectivity index (χ0n) is 14.9. The summed E-state index contributed by atoms with van der Waals surface area (Å²) in [5, 5.41) is 5.02. The van der Waals surface area contributed by atoms with Crippen molar-refractivity contribution in [2.75, 3.05) is 6.54 Å². The summed E-state index contributed by atoms with van der Waals surface area (Å²) in [6.07, 6.45) is 0.898.